The first-order valence-electron chi connectivity index (χ1n) is 5.62. The Morgan fingerprint density at radius 1 is 1.00 bits per heavy atom. The van der Waals surface area contributed by atoms with E-state index >= 15 is 0 Å². The van der Waals surface area contributed by atoms with Crippen LogP contribution in [0.5, 0.6) is 0 Å². The topological polar surface area (TPSA) is 3.24 Å². The van der Waals surface area contributed by atoms with Crippen LogP contribution in [0.25, 0.3) is 0 Å². The van der Waals surface area contributed by atoms with Gasteiger partial charge in [-0.1, -0.05) is 19.8 Å². The van der Waals surface area contributed by atoms with Gasteiger partial charge in [0.15, 0.2) is 0 Å². The maximum absolute atomic E-state index is 2.78. The Kier molecular flexibility index (Phi) is 2.40. The minimum Gasteiger partial charge on any atom is -0.298 e. The van der Waals surface area contributed by atoms with Gasteiger partial charge in [-0.05, 0) is 45.2 Å². The lowest BCUT2D eigenvalue weighted by Gasteiger charge is -2.38. The van der Waals surface area contributed by atoms with Crippen LogP contribution in [-0.2, 0) is 0 Å². The summed E-state index contributed by atoms with van der Waals surface area (Å²) >= 11 is 0. The molecule has 1 aliphatic heterocycles. The molecule has 70 valence electrons. The van der Waals surface area contributed by atoms with Crippen LogP contribution in [0.3, 0.4) is 0 Å². The third-order valence-corrected chi connectivity index (χ3v) is 3.97. The lowest BCUT2D eigenvalue weighted by Crippen LogP contribution is -2.44. The van der Waals surface area contributed by atoms with Crippen LogP contribution >= 0.6 is 0 Å². The zero-order chi connectivity index (χ0) is 8.44. The van der Waals surface area contributed by atoms with Crippen LogP contribution < -0.4 is 0 Å². The van der Waals surface area contributed by atoms with Crippen molar-refractivity contribution in [3.8, 4) is 0 Å². The van der Waals surface area contributed by atoms with Crippen LogP contribution in [0.2, 0.25) is 0 Å². The molecule has 1 nitrogen and oxygen atoms in total. The second kappa shape index (κ2) is 3.37. The van der Waals surface area contributed by atoms with Crippen molar-refractivity contribution in [3.63, 3.8) is 0 Å². The summed E-state index contributed by atoms with van der Waals surface area (Å²) in [5.74, 6) is 0. The molecule has 1 heterocycles. The van der Waals surface area contributed by atoms with Crippen LogP contribution in [-0.4, -0.2) is 23.5 Å². The Morgan fingerprint density at radius 2 is 1.58 bits per heavy atom. The Labute approximate surface area is 76.1 Å². The zero-order valence-electron chi connectivity index (χ0n) is 8.31. The van der Waals surface area contributed by atoms with Crippen LogP contribution in [0, 0.1) is 0 Å². The fourth-order valence-corrected chi connectivity index (χ4v) is 3.12. The highest BCUT2D eigenvalue weighted by Gasteiger charge is 2.38. The number of hydrogen-bond donors (Lipinski definition) is 0. The molecule has 1 heteroatoms. The van der Waals surface area contributed by atoms with E-state index in [1.807, 2.05) is 0 Å². The zero-order valence-corrected chi connectivity index (χ0v) is 8.31. The molecular weight excluding hydrogens is 146 g/mol. The Hall–Kier alpha value is -0.0400. The predicted octanol–water partition coefficient (Wildman–Crippen LogP) is 2.81. The molecule has 0 atom stereocenters. The molecule has 0 radical (unpaired) electrons. The first-order valence-corrected chi connectivity index (χ1v) is 5.62. The van der Waals surface area contributed by atoms with E-state index in [0.29, 0.717) is 5.54 Å². The molecule has 0 amide bonds. The molecule has 0 N–H and O–H groups in total. The van der Waals surface area contributed by atoms with Crippen molar-refractivity contribution in [1.29, 1.82) is 0 Å². The minimum absolute atomic E-state index is 0.649. The Morgan fingerprint density at radius 3 is 2.08 bits per heavy atom. The van der Waals surface area contributed by atoms with Gasteiger partial charge in [0.05, 0.1) is 0 Å². The van der Waals surface area contributed by atoms with Crippen molar-refractivity contribution in [3.05, 3.63) is 0 Å². The molecule has 2 rings (SSSR count). The van der Waals surface area contributed by atoms with E-state index in [2.05, 4.69) is 11.8 Å². The minimum atomic E-state index is 0.649. The molecule has 1 saturated heterocycles. The van der Waals surface area contributed by atoms with E-state index < -0.39 is 0 Å². The van der Waals surface area contributed by atoms with Gasteiger partial charge in [0.2, 0.25) is 0 Å². The van der Waals surface area contributed by atoms with Gasteiger partial charge in [-0.2, -0.15) is 0 Å². The molecular formula is C11H21N. The van der Waals surface area contributed by atoms with E-state index in [-0.39, 0.29) is 0 Å². The Balaban J connectivity index is 2.04. The molecule has 12 heavy (non-hydrogen) atoms. The molecule has 0 aromatic rings. The molecule has 0 aromatic carbocycles. The summed E-state index contributed by atoms with van der Waals surface area (Å²) in [4.78, 5) is 2.78. The highest BCUT2D eigenvalue weighted by Crippen LogP contribution is 2.39. The highest BCUT2D eigenvalue weighted by molar-refractivity contribution is 4.95. The molecule has 0 spiro atoms. The van der Waals surface area contributed by atoms with Gasteiger partial charge in [-0.25, -0.2) is 0 Å². The lowest BCUT2D eigenvalue weighted by atomic mass is 9.92. The fraction of sp³-hybridized carbons (Fsp3) is 1.00. The van der Waals surface area contributed by atoms with Gasteiger partial charge < -0.3 is 0 Å². The second-order valence-electron chi connectivity index (χ2n) is 4.48. The van der Waals surface area contributed by atoms with Crippen LogP contribution in [0.1, 0.15) is 51.9 Å². The molecule has 1 saturated carbocycles. The maximum Gasteiger partial charge on any atom is 0.0207 e. The summed E-state index contributed by atoms with van der Waals surface area (Å²) in [6.07, 6.45) is 10.2. The normalized spacial score (nSPS) is 29.8. The van der Waals surface area contributed by atoms with Gasteiger partial charge in [0.1, 0.15) is 0 Å². The van der Waals surface area contributed by atoms with Crippen molar-refractivity contribution in [2.75, 3.05) is 13.1 Å². The summed E-state index contributed by atoms with van der Waals surface area (Å²) in [6, 6.07) is 0. The smallest absolute Gasteiger partial charge is 0.0207 e. The van der Waals surface area contributed by atoms with E-state index in [1.54, 1.807) is 0 Å². The van der Waals surface area contributed by atoms with E-state index in [9.17, 15) is 0 Å². The summed E-state index contributed by atoms with van der Waals surface area (Å²) in [6.45, 7) is 5.14. The first-order chi connectivity index (χ1) is 5.87. The maximum atomic E-state index is 2.78. The number of hydrogen-bond acceptors (Lipinski definition) is 1. The van der Waals surface area contributed by atoms with Crippen LogP contribution in [0.4, 0.5) is 0 Å². The fourth-order valence-electron chi connectivity index (χ4n) is 3.12. The molecule has 0 aromatic heterocycles. The largest absolute Gasteiger partial charge is 0.298 e. The monoisotopic (exact) mass is 167 g/mol. The molecule has 1 aliphatic carbocycles. The SMILES string of the molecule is CCC1(N2CCCC2)CCCC1. The first kappa shape index (κ1) is 8.55. The number of likely N-dealkylation sites (tertiary alicyclic amines) is 1. The average Bonchev–Trinajstić information content (AvgIpc) is 2.76. The summed E-state index contributed by atoms with van der Waals surface area (Å²) in [5.41, 5.74) is 0.649. The highest BCUT2D eigenvalue weighted by atomic mass is 15.2. The van der Waals surface area contributed by atoms with Gasteiger partial charge in [0, 0.05) is 5.54 Å². The molecule has 0 unspecified atom stereocenters. The van der Waals surface area contributed by atoms with Gasteiger partial charge in [-0.15, -0.1) is 0 Å². The van der Waals surface area contributed by atoms with Crippen molar-refractivity contribution < 1.29 is 0 Å². The Bertz CT molecular complexity index is 141. The third kappa shape index (κ3) is 1.28. The van der Waals surface area contributed by atoms with E-state index in [4.69, 9.17) is 0 Å². The van der Waals surface area contributed by atoms with Crippen LogP contribution in [0.15, 0.2) is 0 Å². The van der Waals surface area contributed by atoms with Crippen molar-refractivity contribution >= 4 is 0 Å². The van der Waals surface area contributed by atoms with E-state index in [1.165, 1.54) is 58.0 Å². The average molecular weight is 167 g/mol. The summed E-state index contributed by atoms with van der Waals surface area (Å²) in [5, 5.41) is 0. The number of rotatable bonds is 2. The lowest BCUT2D eigenvalue weighted by molar-refractivity contribution is 0.117. The standard InChI is InChI=1S/C11H21N/c1-2-11(7-3-4-8-11)12-9-5-6-10-12/h2-10H2,1H3. The van der Waals surface area contributed by atoms with Crippen molar-refractivity contribution in [2.45, 2.75) is 57.4 Å². The molecule has 2 fully saturated rings. The van der Waals surface area contributed by atoms with Crippen molar-refractivity contribution in [2.24, 2.45) is 0 Å². The summed E-state index contributed by atoms with van der Waals surface area (Å²) < 4.78 is 0. The third-order valence-electron chi connectivity index (χ3n) is 3.97. The quantitative estimate of drug-likeness (QED) is 0.611. The number of nitrogens with zero attached hydrogens (tertiary/aromatic N) is 1. The van der Waals surface area contributed by atoms with Gasteiger partial charge in [0.25, 0.3) is 0 Å². The van der Waals surface area contributed by atoms with Gasteiger partial charge >= 0.3 is 0 Å². The van der Waals surface area contributed by atoms with Crippen molar-refractivity contribution in [1.82, 2.24) is 4.90 Å². The second-order valence-corrected chi connectivity index (χ2v) is 4.48. The van der Waals surface area contributed by atoms with E-state index in [0.717, 1.165) is 0 Å². The summed E-state index contributed by atoms with van der Waals surface area (Å²) in [7, 11) is 0. The molecule has 0 bridgehead atoms. The molecule has 2 aliphatic rings. The predicted molar refractivity (Wildman–Crippen MR) is 52.3 cm³/mol. The van der Waals surface area contributed by atoms with Gasteiger partial charge in [-0.3, -0.25) is 4.90 Å².